The number of carbonyl (C=O) groups is 1. The van der Waals surface area contributed by atoms with Gasteiger partial charge in [0.2, 0.25) is 5.91 Å². The Morgan fingerprint density at radius 2 is 1.76 bits per heavy atom. The Kier molecular flexibility index (Phi) is 5.21. The van der Waals surface area contributed by atoms with Crippen LogP contribution in [0.15, 0.2) is 24.3 Å². The molecule has 0 aromatic heterocycles. The van der Waals surface area contributed by atoms with E-state index in [4.69, 9.17) is 11.6 Å². The van der Waals surface area contributed by atoms with Gasteiger partial charge in [-0.05, 0) is 41.4 Å². The fourth-order valence-electron chi connectivity index (χ4n) is 4.62. The minimum Gasteiger partial charge on any atom is -0.348 e. The smallest absolute Gasteiger partial charge is 0.225 e. The fraction of sp³-hybridized carbons (Fsp3) is 0.682. The Hall–Kier alpha value is -1.02. The molecular formula is C22H32ClNO. The first-order chi connectivity index (χ1) is 11.7. The molecule has 138 valence electrons. The van der Waals surface area contributed by atoms with Gasteiger partial charge in [0.05, 0.1) is 6.04 Å². The molecule has 1 amide bonds. The van der Waals surface area contributed by atoms with Crippen molar-refractivity contribution in [3.05, 3.63) is 34.9 Å². The predicted octanol–water partition coefficient (Wildman–Crippen LogP) is 6.15. The number of hydrogen-bond acceptors (Lipinski definition) is 1. The molecule has 3 atom stereocenters. The summed E-state index contributed by atoms with van der Waals surface area (Å²) >= 11 is 6.09. The summed E-state index contributed by atoms with van der Waals surface area (Å²) in [6, 6.07) is 8.11. The van der Waals surface area contributed by atoms with E-state index in [1.54, 1.807) is 0 Å². The third-order valence-electron chi connectivity index (χ3n) is 6.38. The van der Waals surface area contributed by atoms with Gasteiger partial charge in [-0.2, -0.15) is 0 Å². The Balaban J connectivity index is 1.83. The molecule has 2 aliphatic carbocycles. The lowest BCUT2D eigenvalue weighted by atomic mass is 9.79. The van der Waals surface area contributed by atoms with Gasteiger partial charge in [-0.1, -0.05) is 83.5 Å². The van der Waals surface area contributed by atoms with Crippen LogP contribution in [0.2, 0.25) is 5.02 Å². The highest BCUT2D eigenvalue weighted by Crippen LogP contribution is 2.65. The van der Waals surface area contributed by atoms with Gasteiger partial charge in [-0.15, -0.1) is 0 Å². The minimum absolute atomic E-state index is 0.0726. The zero-order valence-electron chi connectivity index (χ0n) is 16.1. The maximum Gasteiger partial charge on any atom is 0.225 e. The molecule has 0 unspecified atom stereocenters. The summed E-state index contributed by atoms with van der Waals surface area (Å²) in [6.45, 7) is 8.31. The number of halogens is 1. The maximum absolute atomic E-state index is 12.7. The maximum atomic E-state index is 12.7. The van der Waals surface area contributed by atoms with Gasteiger partial charge in [0, 0.05) is 10.4 Å². The minimum atomic E-state index is -0.379. The zero-order valence-corrected chi connectivity index (χ0v) is 16.8. The first-order valence-electron chi connectivity index (χ1n) is 9.78. The topological polar surface area (TPSA) is 29.1 Å². The van der Waals surface area contributed by atoms with Crippen LogP contribution in [0.1, 0.15) is 77.8 Å². The van der Waals surface area contributed by atoms with Crippen molar-refractivity contribution in [3.8, 4) is 0 Å². The van der Waals surface area contributed by atoms with Crippen molar-refractivity contribution in [2.75, 3.05) is 0 Å². The Bertz CT molecular complexity index is 612. The van der Waals surface area contributed by atoms with Crippen LogP contribution >= 0.6 is 11.6 Å². The second-order valence-electron chi connectivity index (χ2n) is 9.42. The van der Waals surface area contributed by atoms with E-state index < -0.39 is 0 Å². The number of benzene rings is 1. The molecule has 0 aliphatic heterocycles. The summed E-state index contributed by atoms with van der Waals surface area (Å²) in [5.41, 5.74) is 0.968. The molecule has 1 N–H and O–H groups in total. The van der Waals surface area contributed by atoms with E-state index >= 15 is 0 Å². The van der Waals surface area contributed by atoms with E-state index in [0.29, 0.717) is 0 Å². The van der Waals surface area contributed by atoms with Crippen molar-refractivity contribution in [1.82, 2.24) is 5.32 Å². The van der Waals surface area contributed by atoms with Crippen molar-refractivity contribution in [1.29, 1.82) is 0 Å². The highest BCUT2D eigenvalue weighted by molar-refractivity contribution is 6.30. The molecule has 1 aromatic rings. The summed E-state index contributed by atoms with van der Waals surface area (Å²) in [4.78, 5) is 12.7. The van der Waals surface area contributed by atoms with E-state index in [0.717, 1.165) is 16.9 Å². The number of carbonyl (C=O) groups excluding carboxylic acids is 1. The highest BCUT2D eigenvalue weighted by atomic mass is 35.5. The van der Waals surface area contributed by atoms with Crippen molar-refractivity contribution in [2.45, 2.75) is 72.3 Å². The molecule has 3 heteroatoms. The molecule has 2 nitrogen and oxygen atoms in total. The lowest BCUT2D eigenvalue weighted by molar-refractivity contribution is -0.129. The second-order valence-corrected chi connectivity index (χ2v) is 9.86. The van der Waals surface area contributed by atoms with Crippen molar-refractivity contribution in [3.63, 3.8) is 0 Å². The summed E-state index contributed by atoms with van der Waals surface area (Å²) in [6.07, 6.45) is 8.08. The Labute approximate surface area is 157 Å². The van der Waals surface area contributed by atoms with Gasteiger partial charge in [-0.25, -0.2) is 0 Å². The third-order valence-corrected chi connectivity index (χ3v) is 6.64. The van der Waals surface area contributed by atoms with E-state index in [1.807, 2.05) is 32.9 Å². The quantitative estimate of drug-likeness (QED) is 0.684. The van der Waals surface area contributed by atoms with Crippen LogP contribution in [0.5, 0.6) is 0 Å². The molecule has 0 radical (unpaired) electrons. The summed E-state index contributed by atoms with van der Waals surface area (Å²) in [5, 5.41) is 4.13. The van der Waals surface area contributed by atoms with Crippen LogP contribution in [0, 0.1) is 22.7 Å². The number of rotatable bonds is 4. The molecule has 2 aliphatic rings. The average molecular weight is 362 g/mol. The van der Waals surface area contributed by atoms with Gasteiger partial charge in [-0.3, -0.25) is 4.79 Å². The Morgan fingerprint density at radius 3 is 2.32 bits per heavy atom. The Morgan fingerprint density at radius 1 is 1.16 bits per heavy atom. The van der Waals surface area contributed by atoms with E-state index in [9.17, 15) is 4.79 Å². The SMILES string of the molecule is CC(C)(C)C(=O)N[C@@H](c1ccc(Cl)cc1)[C@]1(C)C[C@H]1C1CCCCC1. The molecule has 0 bridgehead atoms. The number of hydrogen-bond donors (Lipinski definition) is 1. The first kappa shape index (κ1) is 18.8. The van der Waals surface area contributed by atoms with Gasteiger partial charge in [0.1, 0.15) is 0 Å². The van der Waals surface area contributed by atoms with Crippen LogP contribution in [0.4, 0.5) is 0 Å². The zero-order chi connectivity index (χ0) is 18.2. The van der Waals surface area contributed by atoms with Crippen LogP contribution in [0.3, 0.4) is 0 Å². The lowest BCUT2D eigenvalue weighted by Gasteiger charge is -2.32. The van der Waals surface area contributed by atoms with Crippen LogP contribution in [-0.4, -0.2) is 5.91 Å². The van der Waals surface area contributed by atoms with E-state index in [2.05, 4.69) is 24.4 Å². The summed E-state index contributed by atoms with van der Waals surface area (Å²) in [5.74, 6) is 1.69. The van der Waals surface area contributed by atoms with Gasteiger partial charge in [0.25, 0.3) is 0 Å². The van der Waals surface area contributed by atoms with E-state index in [1.165, 1.54) is 44.1 Å². The molecule has 25 heavy (non-hydrogen) atoms. The fourth-order valence-corrected chi connectivity index (χ4v) is 4.75. The van der Waals surface area contributed by atoms with E-state index in [-0.39, 0.29) is 22.8 Å². The molecule has 2 fully saturated rings. The molecular weight excluding hydrogens is 330 g/mol. The summed E-state index contributed by atoms with van der Waals surface area (Å²) in [7, 11) is 0. The van der Waals surface area contributed by atoms with Gasteiger partial charge >= 0.3 is 0 Å². The van der Waals surface area contributed by atoms with Crippen molar-refractivity contribution in [2.24, 2.45) is 22.7 Å². The monoisotopic (exact) mass is 361 g/mol. The predicted molar refractivity (Wildman–Crippen MR) is 105 cm³/mol. The molecule has 2 saturated carbocycles. The highest BCUT2D eigenvalue weighted by Gasteiger charge is 2.58. The van der Waals surface area contributed by atoms with Gasteiger partial charge in [0.15, 0.2) is 0 Å². The molecule has 0 saturated heterocycles. The second kappa shape index (κ2) is 6.95. The molecule has 0 heterocycles. The van der Waals surface area contributed by atoms with Gasteiger partial charge < -0.3 is 5.32 Å². The standard InChI is InChI=1S/C22H32ClNO/c1-21(2,3)20(25)24-19(16-10-12-17(23)13-11-16)22(4)14-18(22)15-8-6-5-7-9-15/h10-13,15,18-19H,5-9,14H2,1-4H3,(H,24,25)/t18-,19-,22+/m0/s1. The van der Waals surface area contributed by atoms with Crippen LogP contribution in [0.25, 0.3) is 0 Å². The normalized spacial score (nSPS) is 28.4. The first-order valence-corrected chi connectivity index (χ1v) is 10.2. The van der Waals surface area contributed by atoms with Crippen LogP contribution < -0.4 is 5.32 Å². The average Bonchev–Trinajstić information content (AvgIpc) is 3.26. The molecule has 1 aromatic carbocycles. The third kappa shape index (κ3) is 4.05. The van der Waals surface area contributed by atoms with Crippen molar-refractivity contribution < 1.29 is 4.79 Å². The molecule has 3 rings (SSSR count). The lowest BCUT2D eigenvalue weighted by Crippen LogP contribution is -2.41. The summed E-state index contributed by atoms with van der Waals surface area (Å²) < 4.78 is 0. The molecule has 0 spiro atoms. The number of amides is 1. The largest absolute Gasteiger partial charge is 0.348 e. The number of nitrogens with one attached hydrogen (secondary N) is 1. The van der Waals surface area contributed by atoms with Crippen LogP contribution in [-0.2, 0) is 4.79 Å². The van der Waals surface area contributed by atoms with Crippen molar-refractivity contribution >= 4 is 17.5 Å².